The largest absolute Gasteiger partial charge is 0.300 e. The monoisotopic (exact) mass is 597 g/mol. The topological polar surface area (TPSA) is 34.1 Å². The van der Waals surface area contributed by atoms with Gasteiger partial charge in [-0.2, -0.15) is 0 Å². The smallest absolute Gasteiger partial charge is 0.132 e. The third kappa shape index (κ3) is 52.0. The minimum absolute atomic E-state index is 0.213. The first-order valence-electron chi connectivity index (χ1n) is 19.2. The molecule has 0 aromatic carbocycles. The second-order valence-electron chi connectivity index (χ2n) is 13.0. The number of hydrogen-bond donors (Lipinski definition) is 0. The summed E-state index contributed by atoms with van der Waals surface area (Å²) in [4.78, 5) is 21.8. The highest BCUT2D eigenvalue weighted by Gasteiger charge is 2.13. The normalized spacial score (nSPS) is 10.4. The second kappa shape index (κ2) is 44.8. The van der Waals surface area contributed by atoms with E-state index >= 15 is 0 Å². The van der Waals surface area contributed by atoms with E-state index < -0.39 is 0 Å². The van der Waals surface area contributed by atoms with E-state index in [1.165, 1.54) is 154 Å². The van der Waals surface area contributed by atoms with Crippen LogP contribution in [0.15, 0.2) is 0 Å². The molecule has 0 spiro atoms. The molecule has 0 atom stereocenters. The van der Waals surface area contributed by atoms with Gasteiger partial charge in [0.15, 0.2) is 0 Å². The molecule has 0 N–H and O–H groups in total. The molecule has 42 heavy (non-hydrogen) atoms. The average molecular weight is 597 g/mol. The maximum Gasteiger partial charge on any atom is 0.132 e. The minimum Gasteiger partial charge on any atom is -0.300 e. The Hall–Kier alpha value is -0.660. The van der Waals surface area contributed by atoms with E-state index in [2.05, 4.69) is 41.5 Å². The van der Waals surface area contributed by atoms with E-state index in [9.17, 15) is 9.59 Å². The summed E-state index contributed by atoms with van der Waals surface area (Å²) < 4.78 is 0. The number of unbranched alkanes of at least 4 members (excludes halogenated alkanes) is 20. The zero-order valence-electron chi connectivity index (χ0n) is 31.4. The van der Waals surface area contributed by atoms with Gasteiger partial charge in [0, 0.05) is 11.8 Å². The van der Waals surface area contributed by atoms with Gasteiger partial charge in [-0.1, -0.05) is 209 Å². The van der Waals surface area contributed by atoms with Gasteiger partial charge in [0.25, 0.3) is 0 Å². The van der Waals surface area contributed by atoms with Gasteiger partial charge in [-0.15, -0.1) is 0 Å². The van der Waals surface area contributed by atoms with Crippen molar-refractivity contribution in [3.8, 4) is 0 Å². The molecule has 0 saturated carbocycles. The van der Waals surface area contributed by atoms with E-state index in [0.717, 1.165) is 12.8 Å². The van der Waals surface area contributed by atoms with Crippen molar-refractivity contribution in [3.05, 3.63) is 0 Å². The Morgan fingerprint density at radius 2 is 0.548 bits per heavy atom. The molecule has 0 amide bonds. The van der Waals surface area contributed by atoms with Crippen LogP contribution < -0.4 is 0 Å². The molecule has 0 aliphatic rings. The quantitative estimate of drug-likeness (QED) is 0.0931. The predicted octanol–water partition coefficient (Wildman–Crippen LogP) is 14.7. The van der Waals surface area contributed by atoms with Gasteiger partial charge in [-0.3, -0.25) is 9.59 Å². The molecule has 2 heteroatoms. The minimum atomic E-state index is 0.213. The molecule has 0 aromatic rings. The highest BCUT2D eigenvalue weighted by Crippen LogP contribution is 2.20. The Bertz CT molecular complexity index is 442. The van der Waals surface area contributed by atoms with Crippen LogP contribution in [0.1, 0.15) is 236 Å². The van der Waals surface area contributed by atoms with E-state index in [-0.39, 0.29) is 11.7 Å². The highest BCUT2D eigenvalue weighted by atomic mass is 16.1. The molecule has 0 aliphatic heterocycles. The van der Waals surface area contributed by atoms with Crippen molar-refractivity contribution in [1.29, 1.82) is 0 Å². The number of ketones is 2. The molecule has 0 radical (unpaired) electrons. The number of rotatable bonds is 26. The SMILES string of the molecule is CC(=O)C(C)C.CCCCCCCC.CCCCCCCC.CCCCCCCCC(CCCCCCCC)C(C)=O. The standard InChI is InChI=1S/C19H38O.2C8H18.C5H10O/c1-4-6-8-10-12-14-16-19(18(3)20)17-15-13-11-9-7-5-2;2*1-3-5-7-8-6-4-2;1-4(2)5(3)6/h19H,4-17H2,1-3H3;2*3-8H2,1-2H3;4H,1-3H3. The van der Waals surface area contributed by atoms with Gasteiger partial charge in [-0.05, 0) is 26.7 Å². The molecule has 0 aliphatic carbocycles. The van der Waals surface area contributed by atoms with Crippen LogP contribution in [0.2, 0.25) is 0 Å². The zero-order valence-corrected chi connectivity index (χ0v) is 31.4. The Labute approximate surface area is 268 Å². The van der Waals surface area contributed by atoms with Crippen molar-refractivity contribution in [3.63, 3.8) is 0 Å². The zero-order chi connectivity index (χ0) is 32.7. The Balaban J connectivity index is -0.000000269. The maximum absolute atomic E-state index is 11.7. The van der Waals surface area contributed by atoms with Gasteiger partial charge < -0.3 is 0 Å². The molecular formula is C40H84O2. The van der Waals surface area contributed by atoms with Gasteiger partial charge in [0.1, 0.15) is 11.6 Å². The fraction of sp³-hybridized carbons (Fsp3) is 0.950. The first kappa shape index (κ1) is 48.2. The van der Waals surface area contributed by atoms with Crippen molar-refractivity contribution in [1.82, 2.24) is 0 Å². The fourth-order valence-electron chi connectivity index (χ4n) is 4.60. The Morgan fingerprint density at radius 1 is 0.357 bits per heavy atom. The number of carbonyl (C=O) groups is 2. The molecular weight excluding hydrogens is 512 g/mol. The van der Waals surface area contributed by atoms with E-state index in [1.807, 2.05) is 13.8 Å². The summed E-state index contributed by atoms with van der Waals surface area (Å²) >= 11 is 0. The molecule has 0 saturated heterocycles. The van der Waals surface area contributed by atoms with Crippen LogP contribution >= 0.6 is 0 Å². The lowest BCUT2D eigenvalue weighted by Crippen LogP contribution is -2.10. The Morgan fingerprint density at radius 3 is 0.714 bits per heavy atom. The van der Waals surface area contributed by atoms with Crippen LogP contribution in [0.4, 0.5) is 0 Å². The number of Topliss-reactive ketones (excluding diaryl/α,β-unsaturated/α-hetero) is 2. The average Bonchev–Trinajstić information content (AvgIpc) is 2.97. The van der Waals surface area contributed by atoms with E-state index in [0.29, 0.717) is 11.7 Å². The first-order valence-corrected chi connectivity index (χ1v) is 19.2. The molecule has 0 fully saturated rings. The Kier molecular flexibility index (Phi) is 51.4. The lowest BCUT2D eigenvalue weighted by Gasteiger charge is -2.13. The molecule has 2 nitrogen and oxygen atoms in total. The summed E-state index contributed by atoms with van der Waals surface area (Å²) in [6, 6.07) is 0. The lowest BCUT2D eigenvalue weighted by molar-refractivity contribution is -0.121. The van der Waals surface area contributed by atoms with Crippen molar-refractivity contribution < 1.29 is 9.59 Å². The van der Waals surface area contributed by atoms with E-state index in [1.54, 1.807) is 13.8 Å². The molecule has 0 rings (SSSR count). The van der Waals surface area contributed by atoms with Gasteiger partial charge >= 0.3 is 0 Å². The lowest BCUT2D eigenvalue weighted by atomic mass is 9.91. The van der Waals surface area contributed by atoms with Crippen molar-refractivity contribution >= 4 is 11.6 Å². The molecule has 0 unspecified atom stereocenters. The van der Waals surface area contributed by atoms with Gasteiger partial charge in [-0.25, -0.2) is 0 Å². The predicted molar refractivity (Wildman–Crippen MR) is 194 cm³/mol. The summed E-state index contributed by atoms with van der Waals surface area (Å²) in [6.45, 7) is 20.7. The third-order valence-electron chi connectivity index (χ3n) is 8.11. The number of hydrogen-bond acceptors (Lipinski definition) is 2. The van der Waals surface area contributed by atoms with Crippen molar-refractivity contribution in [2.45, 2.75) is 236 Å². The van der Waals surface area contributed by atoms with Crippen LogP contribution in [0.3, 0.4) is 0 Å². The van der Waals surface area contributed by atoms with Crippen molar-refractivity contribution in [2.75, 3.05) is 0 Å². The highest BCUT2D eigenvalue weighted by molar-refractivity contribution is 5.78. The molecule has 0 aromatic heterocycles. The third-order valence-corrected chi connectivity index (χ3v) is 8.11. The summed E-state index contributed by atoms with van der Waals surface area (Å²) in [5, 5.41) is 0. The molecule has 0 heterocycles. The van der Waals surface area contributed by atoms with Crippen LogP contribution in [-0.2, 0) is 9.59 Å². The van der Waals surface area contributed by atoms with Crippen LogP contribution in [0.25, 0.3) is 0 Å². The second-order valence-corrected chi connectivity index (χ2v) is 13.0. The summed E-state index contributed by atoms with van der Waals surface area (Å²) in [6.07, 6.45) is 35.2. The van der Waals surface area contributed by atoms with Gasteiger partial charge in [0.2, 0.25) is 0 Å². The molecule has 256 valence electrons. The van der Waals surface area contributed by atoms with Crippen LogP contribution in [0, 0.1) is 11.8 Å². The van der Waals surface area contributed by atoms with E-state index in [4.69, 9.17) is 0 Å². The van der Waals surface area contributed by atoms with Crippen LogP contribution in [-0.4, -0.2) is 11.6 Å². The number of carbonyl (C=O) groups excluding carboxylic acids is 2. The summed E-state index contributed by atoms with van der Waals surface area (Å²) in [5.41, 5.74) is 0. The van der Waals surface area contributed by atoms with Gasteiger partial charge in [0.05, 0.1) is 0 Å². The first-order chi connectivity index (χ1) is 20.2. The maximum atomic E-state index is 11.7. The molecule has 0 bridgehead atoms. The summed E-state index contributed by atoms with van der Waals surface area (Å²) in [5.74, 6) is 1.25. The summed E-state index contributed by atoms with van der Waals surface area (Å²) in [7, 11) is 0. The van der Waals surface area contributed by atoms with Crippen LogP contribution in [0.5, 0.6) is 0 Å². The fourth-order valence-corrected chi connectivity index (χ4v) is 4.60. The van der Waals surface area contributed by atoms with Crippen molar-refractivity contribution in [2.24, 2.45) is 11.8 Å².